The molecule has 8 aromatic rings. The number of phenols is 1. The van der Waals surface area contributed by atoms with Gasteiger partial charge in [-0.2, -0.15) is 0 Å². The Hall–Kier alpha value is -5.57. The van der Waals surface area contributed by atoms with E-state index in [1.807, 2.05) is 42.7 Å². The van der Waals surface area contributed by atoms with Gasteiger partial charge in [-0.15, -0.1) is 35.9 Å². The van der Waals surface area contributed by atoms with Crippen molar-refractivity contribution in [2.75, 3.05) is 0 Å². The summed E-state index contributed by atoms with van der Waals surface area (Å²) >= 11 is 0. The van der Waals surface area contributed by atoms with E-state index in [9.17, 15) is 5.11 Å². The summed E-state index contributed by atoms with van der Waals surface area (Å²) in [4.78, 5) is 9.84. The molecule has 0 saturated heterocycles. The largest absolute Gasteiger partial charge is 0.507 e. The maximum Gasteiger partial charge on any atom is 0.128 e. The Kier molecular flexibility index (Phi) is 11.3. The number of rotatable bonds is 10. The molecule has 0 aliphatic carbocycles. The van der Waals surface area contributed by atoms with Gasteiger partial charge in [0.15, 0.2) is 0 Å². The number of imidazole rings is 1. The summed E-state index contributed by atoms with van der Waals surface area (Å²) in [5.74, 6) is 1.75. The first kappa shape index (κ1) is 37.7. The van der Waals surface area contributed by atoms with Crippen molar-refractivity contribution in [1.82, 2.24) is 14.5 Å². The van der Waals surface area contributed by atoms with Gasteiger partial charge < -0.3 is 9.67 Å². The van der Waals surface area contributed by atoms with Crippen LogP contribution in [0.1, 0.15) is 72.9 Å². The molecule has 8 rings (SSSR count). The molecule has 0 amide bonds. The third-order valence-electron chi connectivity index (χ3n) is 10.4. The first-order chi connectivity index (χ1) is 26.3. The average Bonchev–Trinajstić information content (AvgIpc) is 3.65. The van der Waals surface area contributed by atoms with Crippen molar-refractivity contribution in [3.63, 3.8) is 0 Å². The van der Waals surface area contributed by atoms with Crippen LogP contribution in [-0.4, -0.2) is 19.6 Å². The van der Waals surface area contributed by atoms with Gasteiger partial charge in [0.05, 0.1) is 11.5 Å². The molecular formula is C50H44N3OPt-. The van der Waals surface area contributed by atoms with Gasteiger partial charge in [-0.25, -0.2) is 0 Å². The predicted octanol–water partition coefficient (Wildman–Crippen LogP) is 12.4. The van der Waals surface area contributed by atoms with E-state index < -0.39 is 0 Å². The number of phenolic OH excluding ortho intramolecular Hbond substituents is 1. The quantitative estimate of drug-likeness (QED) is 0.139. The van der Waals surface area contributed by atoms with E-state index in [1.165, 1.54) is 27.6 Å². The van der Waals surface area contributed by atoms with Crippen molar-refractivity contribution in [1.29, 1.82) is 0 Å². The molecule has 0 aliphatic rings. The summed E-state index contributed by atoms with van der Waals surface area (Å²) in [5.41, 5.74) is 12.4. The molecule has 2 heterocycles. The molecule has 4 nitrogen and oxygen atoms in total. The third kappa shape index (κ3) is 7.97. The minimum absolute atomic E-state index is 0. The Morgan fingerprint density at radius 1 is 0.636 bits per heavy atom. The molecule has 1 N–H and O–H groups in total. The molecule has 5 heteroatoms. The number of benzene rings is 6. The molecular weight excluding hydrogens is 854 g/mol. The predicted molar refractivity (Wildman–Crippen MR) is 222 cm³/mol. The molecule has 0 radical (unpaired) electrons. The van der Waals surface area contributed by atoms with Crippen LogP contribution in [0.25, 0.3) is 50.2 Å². The average molecular weight is 898 g/mol. The number of nitrogens with zero attached hydrogens (tertiary/aromatic N) is 3. The first-order valence-electron chi connectivity index (χ1n) is 18.8. The summed E-state index contributed by atoms with van der Waals surface area (Å²) in [6.45, 7) is 8.95. The Morgan fingerprint density at radius 3 is 1.98 bits per heavy atom. The number of fused-ring (bicyclic) bond motifs is 1. The molecule has 6 aromatic carbocycles. The minimum Gasteiger partial charge on any atom is -0.507 e. The molecule has 0 bridgehead atoms. The van der Waals surface area contributed by atoms with Crippen LogP contribution in [0.3, 0.4) is 0 Å². The number of hydrogen-bond acceptors (Lipinski definition) is 3. The van der Waals surface area contributed by atoms with E-state index in [0.29, 0.717) is 29.5 Å². The Morgan fingerprint density at radius 2 is 1.29 bits per heavy atom. The monoisotopic (exact) mass is 897 g/mol. The fourth-order valence-corrected chi connectivity index (χ4v) is 7.35. The van der Waals surface area contributed by atoms with Gasteiger partial charge in [0, 0.05) is 62.7 Å². The fraction of sp³-hybridized carbons (Fsp3) is 0.160. The summed E-state index contributed by atoms with van der Waals surface area (Å²) in [6, 6.07) is 49.8. The number of hydrogen-bond donors (Lipinski definition) is 1. The van der Waals surface area contributed by atoms with Gasteiger partial charge in [0.25, 0.3) is 0 Å². The van der Waals surface area contributed by atoms with Gasteiger partial charge in [-0.05, 0) is 92.4 Å². The molecule has 0 saturated carbocycles. The number of aromatic hydroxyl groups is 1. The van der Waals surface area contributed by atoms with Crippen LogP contribution in [0, 0.1) is 6.07 Å². The van der Waals surface area contributed by atoms with Crippen LogP contribution in [-0.2, 0) is 33.9 Å². The standard InChI is InChI=1S/C50H44N3O.Pt/c1-33(2)40-25-41(34(3)4)28-45(27-40)53-32-48(52-50(53)36-17-9-6-10-18-36)47-29-42(35-15-7-5-8-16-35)26-43(49(47)54)23-37-19-11-12-20-38(37)24-44-31-51-30-39-21-13-14-22-46(39)44;/h5-17,19-22,25-34,54H,23-24H2,1-4H3;/q-1;. The van der Waals surface area contributed by atoms with Crippen molar-refractivity contribution in [3.05, 3.63) is 191 Å². The summed E-state index contributed by atoms with van der Waals surface area (Å²) in [5, 5.41) is 14.6. The van der Waals surface area contributed by atoms with Gasteiger partial charge in [-0.1, -0.05) is 113 Å². The molecule has 0 aliphatic heterocycles. The molecule has 55 heavy (non-hydrogen) atoms. The van der Waals surface area contributed by atoms with Crippen LogP contribution < -0.4 is 0 Å². The summed E-state index contributed by atoms with van der Waals surface area (Å²) < 4.78 is 2.17. The van der Waals surface area contributed by atoms with Crippen LogP contribution in [0.4, 0.5) is 0 Å². The zero-order valence-electron chi connectivity index (χ0n) is 31.6. The van der Waals surface area contributed by atoms with Crippen molar-refractivity contribution < 1.29 is 26.2 Å². The fourth-order valence-electron chi connectivity index (χ4n) is 7.35. The molecule has 2 aromatic heterocycles. The SMILES string of the molecule is CC(C)c1cc(C(C)C)cc(-n2cc(-c3cc(-c4ccccc4)cc(Cc4ccccc4Cc4cncc5ccccc45)c3O)nc2-c2[c-]cccc2)c1.[Pt]. The molecule has 0 atom stereocenters. The topological polar surface area (TPSA) is 50.9 Å². The van der Waals surface area contributed by atoms with E-state index in [1.54, 1.807) is 0 Å². The van der Waals surface area contributed by atoms with Crippen molar-refractivity contribution in [2.45, 2.75) is 52.4 Å². The minimum atomic E-state index is 0. The van der Waals surface area contributed by atoms with Crippen LogP contribution >= 0.6 is 0 Å². The van der Waals surface area contributed by atoms with Crippen LogP contribution in [0.15, 0.2) is 152 Å². The van der Waals surface area contributed by atoms with Gasteiger partial charge >= 0.3 is 0 Å². The number of pyridine rings is 1. The van der Waals surface area contributed by atoms with Crippen LogP contribution in [0.5, 0.6) is 5.75 Å². The zero-order valence-corrected chi connectivity index (χ0v) is 33.9. The molecule has 0 unspecified atom stereocenters. The Bertz CT molecular complexity index is 2540. The third-order valence-corrected chi connectivity index (χ3v) is 10.4. The molecule has 0 fully saturated rings. The van der Waals surface area contributed by atoms with Crippen LogP contribution in [0.2, 0.25) is 0 Å². The maximum absolute atomic E-state index is 12.3. The Labute approximate surface area is 338 Å². The van der Waals surface area contributed by atoms with Crippen molar-refractivity contribution in [3.8, 4) is 45.2 Å². The second-order valence-corrected chi connectivity index (χ2v) is 14.8. The van der Waals surface area contributed by atoms with Gasteiger partial charge in [-0.3, -0.25) is 9.97 Å². The molecule has 276 valence electrons. The summed E-state index contributed by atoms with van der Waals surface area (Å²) in [7, 11) is 0. The van der Waals surface area contributed by atoms with Gasteiger partial charge in [0.1, 0.15) is 5.75 Å². The van der Waals surface area contributed by atoms with E-state index in [-0.39, 0.29) is 26.8 Å². The van der Waals surface area contributed by atoms with Crippen molar-refractivity contribution in [2.24, 2.45) is 0 Å². The molecule has 0 spiro atoms. The second kappa shape index (κ2) is 16.4. The smallest absolute Gasteiger partial charge is 0.128 e. The van der Waals surface area contributed by atoms with E-state index in [4.69, 9.17) is 4.98 Å². The van der Waals surface area contributed by atoms with Gasteiger partial charge in [0.2, 0.25) is 0 Å². The zero-order chi connectivity index (χ0) is 37.2. The first-order valence-corrected chi connectivity index (χ1v) is 18.8. The maximum atomic E-state index is 12.3. The van der Waals surface area contributed by atoms with E-state index >= 15 is 0 Å². The Balaban J connectivity index is 0.00000465. The van der Waals surface area contributed by atoms with E-state index in [2.05, 4.69) is 153 Å². The van der Waals surface area contributed by atoms with Crippen molar-refractivity contribution >= 4 is 10.8 Å². The second-order valence-electron chi connectivity index (χ2n) is 14.8. The number of aromatic nitrogens is 3. The van der Waals surface area contributed by atoms with E-state index in [0.717, 1.165) is 51.1 Å². The normalized spacial score (nSPS) is 11.3. The summed E-state index contributed by atoms with van der Waals surface area (Å²) in [6.07, 6.45) is 7.28.